The summed E-state index contributed by atoms with van der Waals surface area (Å²) in [5.41, 5.74) is 3.56. The minimum atomic E-state index is -0.161. The van der Waals surface area contributed by atoms with Crippen molar-refractivity contribution in [3.8, 4) is 5.75 Å². The van der Waals surface area contributed by atoms with Gasteiger partial charge in [0.15, 0.2) is 0 Å². The Balaban J connectivity index is 1.59. The molecule has 0 radical (unpaired) electrons. The van der Waals surface area contributed by atoms with Gasteiger partial charge >= 0.3 is 6.03 Å². The fraction of sp³-hybridized carbons (Fsp3) is 0.316. The number of para-hydroxylation sites is 1. The number of benzene rings is 2. The predicted molar refractivity (Wildman–Crippen MR) is 93.0 cm³/mol. The van der Waals surface area contributed by atoms with E-state index < -0.39 is 0 Å². The van der Waals surface area contributed by atoms with Crippen LogP contribution in [0.2, 0.25) is 0 Å². The fourth-order valence-corrected chi connectivity index (χ4v) is 2.29. The Morgan fingerprint density at radius 2 is 1.78 bits per heavy atom. The van der Waals surface area contributed by atoms with Crippen molar-refractivity contribution in [2.75, 3.05) is 19.7 Å². The number of rotatable bonds is 7. The van der Waals surface area contributed by atoms with E-state index in [1.165, 1.54) is 11.1 Å². The number of aryl methyl sites for hydroxylation is 2. The Morgan fingerprint density at radius 1 is 1.00 bits per heavy atom. The molecule has 0 saturated carbocycles. The van der Waals surface area contributed by atoms with Crippen LogP contribution >= 0.6 is 0 Å². The molecule has 0 aliphatic heterocycles. The van der Waals surface area contributed by atoms with Crippen LogP contribution in [0.5, 0.6) is 5.75 Å². The molecular weight excluding hydrogens is 288 g/mol. The molecule has 2 N–H and O–H groups in total. The largest absolute Gasteiger partial charge is 0.491 e. The molecule has 0 bridgehead atoms. The molecular formula is C19H24N2O2. The second kappa shape index (κ2) is 8.83. The fourth-order valence-electron chi connectivity index (χ4n) is 2.29. The highest BCUT2D eigenvalue weighted by molar-refractivity contribution is 5.73. The van der Waals surface area contributed by atoms with Gasteiger partial charge in [-0.25, -0.2) is 4.79 Å². The van der Waals surface area contributed by atoms with Crippen LogP contribution in [0.25, 0.3) is 0 Å². The molecule has 2 aromatic carbocycles. The molecule has 122 valence electrons. The zero-order valence-electron chi connectivity index (χ0n) is 13.8. The van der Waals surface area contributed by atoms with E-state index in [2.05, 4.69) is 35.8 Å². The smallest absolute Gasteiger partial charge is 0.314 e. The van der Waals surface area contributed by atoms with Crippen LogP contribution in [0.4, 0.5) is 4.79 Å². The van der Waals surface area contributed by atoms with Gasteiger partial charge in [0.05, 0.1) is 6.54 Å². The lowest BCUT2D eigenvalue weighted by Gasteiger charge is -2.10. The van der Waals surface area contributed by atoms with Crippen LogP contribution in [0, 0.1) is 13.8 Å². The van der Waals surface area contributed by atoms with E-state index in [1.54, 1.807) is 0 Å². The van der Waals surface area contributed by atoms with Gasteiger partial charge in [0.1, 0.15) is 12.4 Å². The zero-order chi connectivity index (χ0) is 16.5. The maximum Gasteiger partial charge on any atom is 0.314 e. The Bertz CT molecular complexity index is 641. The van der Waals surface area contributed by atoms with Gasteiger partial charge in [-0.05, 0) is 37.5 Å². The van der Waals surface area contributed by atoms with Crippen molar-refractivity contribution in [1.82, 2.24) is 10.6 Å². The monoisotopic (exact) mass is 312 g/mol. The van der Waals surface area contributed by atoms with E-state index in [9.17, 15) is 4.79 Å². The molecule has 0 aliphatic rings. The van der Waals surface area contributed by atoms with Crippen LogP contribution in [0.3, 0.4) is 0 Å². The van der Waals surface area contributed by atoms with Gasteiger partial charge in [0.2, 0.25) is 0 Å². The summed E-state index contributed by atoms with van der Waals surface area (Å²) in [5.74, 6) is 0.856. The van der Waals surface area contributed by atoms with Crippen molar-refractivity contribution < 1.29 is 9.53 Å². The van der Waals surface area contributed by atoms with Crippen LogP contribution in [0.15, 0.2) is 48.5 Å². The number of ether oxygens (including phenoxy) is 1. The molecule has 0 aliphatic carbocycles. The van der Waals surface area contributed by atoms with E-state index in [0.29, 0.717) is 19.7 Å². The van der Waals surface area contributed by atoms with E-state index in [1.807, 2.05) is 37.3 Å². The molecule has 0 spiro atoms. The predicted octanol–water partition coefficient (Wildman–Crippen LogP) is 3.22. The molecule has 0 heterocycles. The summed E-state index contributed by atoms with van der Waals surface area (Å²) in [6.45, 7) is 5.62. The number of hydrogen-bond acceptors (Lipinski definition) is 2. The highest BCUT2D eigenvalue weighted by Crippen LogP contribution is 2.15. The molecule has 4 nitrogen and oxygen atoms in total. The quantitative estimate of drug-likeness (QED) is 0.771. The van der Waals surface area contributed by atoms with Gasteiger partial charge in [-0.2, -0.15) is 0 Å². The van der Waals surface area contributed by atoms with Gasteiger partial charge in [-0.1, -0.05) is 48.0 Å². The molecule has 23 heavy (non-hydrogen) atoms. The molecule has 2 aromatic rings. The minimum Gasteiger partial charge on any atom is -0.491 e. The van der Waals surface area contributed by atoms with E-state index in [4.69, 9.17) is 4.74 Å². The first-order valence-corrected chi connectivity index (χ1v) is 7.91. The van der Waals surface area contributed by atoms with Crippen molar-refractivity contribution in [3.05, 3.63) is 65.2 Å². The SMILES string of the molecule is Cc1cccc(CCNC(=O)NCCOc2ccccc2C)c1. The number of nitrogens with one attached hydrogen (secondary N) is 2. The number of hydrogen-bond donors (Lipinski definition) is 2. The molecule has 4 heteroatoms. The summed E-state index contributed by atoms with van der Waals surface area (Å²) in [4.78, 5) is 11.7. The molecule has 0 atom stereocenters. The molecule has 0 unspecified atom stereocenters. The van der Waals surface area contributed by atoms with Gasteiger partial charge in [0.25, 0.3) is 0 Å². The molecule has 0 fully saturated rings. The second-order valence-electron chi connectivity index (χ2n) is 5.54. The van der Waals surface area contributed by atoms with E-state index >= 15 is 0 Å². The lowest BCUT2D eigenvalue weighted by Crippen LogP contribution is -2.38. The minimum absolute atomic E-state index is 0.161. The standard InChI is InChI=1S/C19H24N2O2/c1-15-6-5-8-17(14-15)10-11-20-19(22)21-12-13-23-18-9-4-3-7-16(18)2/h3-9,14H,10-13H2,1-2H3,(H2,20,21,22). The summed E-state index contributed by atoms with van der Waals surface area (Å²) < 4.78 is 5.63. The second-order valence-corrected chi connectivity index (χ2v) is 5.54. The zero-order valence-corrected chi connectivity index (χ0v) is 13.8. The van der Waals surface area contributed by atoms with Gasteiger partial charge in [0, 0.05) is 6.54 Å². The first-order chi connectivity index (χ1) is 11.1. The van der Waals surface area contributed by atoms with E-state index in [0.717, 1.165) is 17.7 Å². The lowest BCUT2D eigenvalue weighted by atomic mass is 10.1. The maximum atomic E-state index is 11.7. The van der Waals surface area contributed by atoms with Crippen molar-refractivity contribution in [2.45, 2.75) is 20.3 Å². The number of amides is 2. The van der Waals surface area contributed by atoms with Crippen LogP contribution in [-0.2, 0) is 6.42 Å². The normalized spacial score (nSPS) is 10.2. The first kappa shape index (κ1) is 16.9. The summed E-state index contributed by atoms with van der Waals surface area (Å²) in [6, 6.07) is 16.0. The summed E-state index contributed by atoms with van der Waals surface area (Å²) in [6.07, 6.45) is 0.828. The van der Waals surface area contributed by atoms with Gasteiger partial charge in [-0.3, -0.25) is 0 Å². The first-order valence-electron chi connectivity index (χ1n) is 7.91. The Morgan fingerprint density at radius 3 is 2.57 bits per heavy atom. The third-order valence-corrected chi connectivity index (χ3v) is 3.52. The lowest BCUT2D eigenvalue weighted by molar-refractivity contribution is 0.236. The maximum absolute atomic E-state index is 11.7. The Kier molecular flexibility index (Phi) is 6.48. The average molecular weight is 312 g/mol. The summed E-state index contributed by atoms with van der Waals surface area (Å²) in [7, 11) is 0. The third kappa shape index (κ3) is 6.02. The molecule has 2 rings (SSSR count). The van der Waals surface area contributed by atoms with Gasteiger partial charge < -0.3 is 15.4 Å². The highest BCUT2D eigenvalue weighted by atomic mass is 16.5. The molecule has 0 saturated heterocycles. The Hall–Kier alpha value is -2.49. The number of carbonyl (C=O) groups is 1. The van der Waals surface area contributed by atoms with Crippen molar-refractivity contribution >= 4 is 6.03 Å². The number of urea groups is 1. The van der Waals surface area contributed by atoms with Crippen LogP contribution in [-0.4, -0.2) is 25.7 Å². The Labute approximate surface area is 137 Å². The average Bonchev–Trinajstić information content (AvgIpc) is 2.53. The van der Waals surface area contributed by atoms with Crippen molar-refractivity contribution in [2.24, 2.45) is 0 Å². The summed E-state index contributed by atoms with van der Waals surface area (Å²) >= 11 is 0. The topological polar surface area (TPSA) is 50.4 Å². The van der Waals surface area contributed by atoms with E-state index in [-0.39, 0.29) is 6.03 Å². The van der Waals surface area contributed by atoms with Gasteiger partial charge in [-0.15, -0.1) is 0 Å². The molecule has 0 aromatic heterocycles. The number of carbonyl (C=O) groups excluding carboxylic acids is 1. The highest BCUT2D eigenvalue weighted by Gasteiger charge is 2.01. The van der Waals surface area contributed by atoms with Crippen molar-refractivity contribution in [3.63, 3.8) is 0 Å². The summed E-state index contributed by atoms with van der Waals surface area (Å²) in [5, 5.41) is 5.65. The van der Waals surface area contributed by atoms with Crippen molar-refractivity contribution in [1.29, 1.82) is 0 Å². The van der Waals surface area contributed by atoms with Crippen LogP contribution in [0.1, 0.15) is 16.7 Å². The molecule has 2 amide bonds. The third-order valence-electron chi connectivity index (χ3n) is 3.52. The van der Waals surface area contributed by atoms with Crippen LogP contribution < -0.4 is 15.4 Å².